The minimum absolute atomic E-state index is 0.165. The summed E-state index contributed by atoms with van der Waals surface area (Å²) in [6.45, 7) is 10.5. The molecule has 0 saturated carbocycles. The number of carbonyl (C=O) groups is 1. The predicted molar refractivity (Wildman–Crippen MR) is 147 cm³/mol. The monoisotopic (exact) mass is 503 g/mol. The smallest absolute Gasteiger partial charge is 0.253 e. The Bertz CT molecular complexity index is 1170. The molecule has 36 heavy (non-hydrogen) atoms. The average molecular weight is 504 g/mol. The Morgan fingerprint density at radius 3 is 2.56 bits per heavy atom. The molecule has 2 unspecified atom stereocenters. The predicted octanol–water partition coefficient (Wildman–Crippen LogP) is 7.20. The van der Waals surface area contributed by atoms with E-state index in [1.807, 2.05) is 17.2 Å². The number of carbonyl (C=O) groups excluding carboxylic acids is 1. The lowest BCUT2D eigenvalue weighted by molar-refractivity contribution is 0.0792. The molecule has 190 valence electrons. The minimum Gasteiger partial charge on any atom is -0.472 e. The van der Waals surface area contributed by atoms with Gasteiger partial charge in [-0.2, -0.15) is 0 Å². The lowest BCUT2D eigenvalue weighted by Crippen LogP contribution is -2.41. The Balaban J connectivity index is 1.42. The number of likely N-dealkylation sites (tertiary alicyclic amines) is 1. The summed E-state index contributed by atoms with van der Waals surface area (Å²) in [5, 5.41) is 0. The first-order chi connectivity index (χ1) is 17.6. The van der Waals surface area contributed by atoms with Gasteiger partial charge in [-0.25, -0.2) is 0 Å². The van der Waals surface area contributed by atoms with Crippen LogP contribution in [0.15, 0.2) is 75.3 Å². The topological polar surface area (TPSA) is 39.9 Å². The van der Waals surface area contributed by atoms with Crippen LogP contribution in [0.5, 0.6) is 0 Å². The molecular weight excluding hydrogens is 466 g/mol. The number of nitrogens with zero attached hydrogens (tertiary/aromatic N) is 3. The maximum Gasteiger partial charge on any atom is 0.253 e. The highest BCUT2D eigenvalue weighted by Gasteiger charge is 2.30. The highest BCUT2D eigenvalue weighted by molar-refractivity contribution is 7.99. The van der Waals surface area contributed by atoms with Gasteiger partial charge in [0, 0.05) is 52.6 Å². The Labute approximate surface area is 219 Å². The number of para-hydroxylation sites is 1. The van der Waals surface area contributed by atoms with Crippen molar-refractivity contribution in [3.63, 3.8) is 0 Å². The number of rotatable bonds is 9. The van der Waals surface area contributed by atoms with Crippen molar-refractivity contribution in [3.05, 3.63) is 72.2 Å². The van der Waals surface area contributed by atoms with Gasteiger partial charge in [0.2, 0.25) is 0 Å². The summed E-state index contributed by atoms with van der Waals surface area (Å²) in [4.78, 5) is 22.6. The van der Waals surface area contributed by atoms with Crippen LogP contribution in [0.25, 0.3) is 0 Å². The number of anilines is 2. The molecule has 5 nitrogen and oxygen atoms in total. The third-order valence-corrected chi connectivity index (χ3v) is 8.73. The van der Waals surface area contributed by atoms with Crippen molar-refractivity contribution in [1.29, 1.82) is 0 Å². The van der Waals surface area contributed by atoms with Crippen molar-refractivity contribution in [1.82, 2.24) is 9.80 Å². The molecule has 2 aliphatic rings. The van der Waals surface area contributed by atoms with Crippen LogP contribution in [-0.4, -0.2) is 47.4 Å². The van der Waals surface area contributed by atoms with Crippen molar-refractivity contribution >= 4 is 29.0 Å². The maximum atomic E-state index is 13.1. The summed E-state index contributed by atoms with van der Waals surface area (Å²) >= 11 is 1.78. The standard InChI is InChI=1S/C30H37N3O2S/c1-4-25(31(5-2)20-23-14-17-35-21-23)18-22(3)33-26-10-6-7-11-28(26)36-29-19-24(12-13-27(29)33)30(34)32-15-8-9-16-32/h6-7,10-14,17,19,21-22,25H,4-5,8-9,15-16,18,20H2,1-3H3. The van der Waals surface area contributed by atoms with Crippen molar-refractivity contribution in [2.75, 3.05) is 24.5 Å². The largest absolute Gasteiger partial charge is 0.472 e. The SMILES string of the molecule is CCC(CC(C)N1c2ccccc2Sc2cc(C(=O)N3CCCC3)ccc21)N(CC)Cc1ccoc1. The fraction of sp³-hybridized carbons (Fsp3) is 0.433. The summed E-state index contributed by atoms with van der Waals surface area (Å²) in [5.41, 5.74) is 4.49. The summed E-state index contributed by atoms with van der Waals surface area (Å²) in [6, 6.07) is 17.8. The molecule has 0 bridgehead atoms. The van der Waals surface area contributed by atoms with Crippen molar-refractivity contribution in [3.8, 4) is 0 Å². The summed E-state index contributed by atoms with van der Waals surface area (Å²) < 4.78 is 5.32. The van der Waals surface area contributed by atoms with Gasteiger partial charge in [0.15, 0.2) is 0 Å². The van der Waals surface area contributed by atoms with Crippen LogP contribution in [0.2, 0.25) is 0 Å². The number of furan rings is 1. The molecule has 2 aliphatic heterocycles. The Kier molecular flexibility index (Phi) is 7.73. The van der Waals surface area contributed by atoms with E-state index in [9.17, 15) is 4.79 Å². The van der Waals surface area contributed by atoms with Gasteiger partial charge in [-0.3, -0.25) is 9.69 Å². The van der Waals surface area contributed by atoms with Crippen LogP contribution in [-0.2, 0) is 6.54 Å². The van der Waals surface area contributed by atoms with E-state index in [2.05, 4.69) is 73.0 Å². The van der Waals surface area contributed by atoms with E-state index < -0.39 is 0 Å². The summed E-state index contributed by atoms with van der Waals surface area (Å²) in [5.74, 6) is 0.165. The van der Waals surface area contributed by atoms with Gasteiger partial charge in [0.1, 0.15) is 0 Å². The van der Waals surface area contributed by atoms with E-state index in [4.69, 9.17) is 4.42 Å². The average Bonchev–Trinajstić information content (AvgIpc) is 3.63. The fourth-order valence-electron chi connectivity index (χ4n) is 5.69. The zero-order chi connectivity index (χ0) is 25.1. The molecule has 0 aliphatic carbocycles. The third kappa shape index (κ3) is 5.07. The number of benzene rings is 2. The first-order valence-electron chi connectivity index (χ1n) is 13.3. The van der Waals surface area contributed by atoms with Crippen LogP contribution in [0, 0.1) is 0 Å². The van der Waals surface area contributed by atoms with E-state index >= 15 is 0 Å². The zero-order valence-corrected chi connectivity index (χ0v) is 22.5. The maximum absolute atomic E-state index is 13.1. The Hall–Kier alpha value is -2.70. The molecule has 1 aromatic heterocycles. The molecule has 0 radical (unpaired) electrons. The Morgan fingerprint density at radius 1 is 1.06 bits per heavy atom. The van der Waals surface area contributed by atoms with Crippen molar-refractivity contribution < 1.29 is 9.21 Å². The van der Waals surface area contributed by atoms with Crippen LogP contribution in [0.3, 0.4) is 0 Å². The van der Waals surface area contributed by atoms with Gasteiger partial charge in [-0.15, -0.1) is 0 Å². The van der Waals surface area contributed by atoms with Gasteiger partial charge in [-0.1, -0.05) is 37.7 Å². The first-order valence-corrected chi connectivity index (χ1v) is 14.1. The lowest BCUT2D eigenvalue weighted by Gasteiger charge is -2.40. The highest BCUT2D eigenvalue weighted by Crippen LogP contribution is 2.49. The second kappa shape index (κ2) is 11.1. The highest BCUT2D eigenvalue weighted by atomic mass is 32.2. The van der Waals surface area contributed by atoms with E-state index in [-0.39, 0.29) is 5.91 Å². The van der Waals surface area contributed by atoms with Crippen molar-refractivity contribution in [2.24, 2.45) is 0 Å². The molecule has 1 saturated heterocycles. The van der Waals surface area contributed by atoms with Crippen LogP contribution < -0.4 is 4.90 Å². The van der Waals surface area contributed by atoms with Crippen LogP contribution >= 0.6 is 11.8 Å². The van der Waals surface area contributed by atoms with Crippen LogP contribution in [0.1, 0.15) is 62.4 Å². The normalized spacial score (nSPS) is 16.7. The van der Waals surface area contributed by atoms with Gasteiger partial charge >= 0.3 is 0 Å². The third-order valence-electron chi connectivity index (χ3n) is 7.62. The second-order valence-corrected chi connectivity index (χ2v) is 11.0. The van der Waals surface area contributed by atoms with Crippen molar-refractivity contribution in [2.45, 2.75) is 74.9 Å². The molecule has 0 N–H and O–H groups in total. The number of fused-ring (bicyclic) bond motifs is 2. The molecule has 5 rings (SSSR count). The minimum atomic E-state index is 0.165. The van der Waals surface area contributed by atoms with Gasteiger partial charge in [-0.05, 0) is 75.5 Å². The molecule has 2 atom stereocenters. The molecule has 1 amide bonds. The zero-order valence-electron chi connectivity index (χ0n) is 21.7. The molecule has 0 spiro atoms. The van der Waals surface area contributed by atoms with Gasteiger partial charge < -0.3 is 14.2 Å². The summed E-state index contributed by atoms with van der Waals surface area (Å²) in [6.07, 6.45) is 7.98. The molecular formula is C30H37N3O2S. The molecule has 6 heteroatoms. The van der Waals surface area contributed by atoms with Gasteiger partial charge in [0.25, 0.3) is 5.91 Å². The molecule has 1 fully saturated rings. The van der Waals surface area contributed by atoms with E-state index in [1.54, 1.807) is 18.0 Å². The van der Waals surface area contributed by atoms with Crippen LogP contribution in [0.4, 0.5) is 11.4 Å². The quantitative estimate of drug-likeness (QED) is 0.309. The molecule has 2 aromatic carbocycles. The van der Waals surface area contributed by atoms with E-state index in [0.717, 1.165) is 57.4 Å². The Morgan fingerprint density at radius 2 is 1.83 bits per heavy atom. The number of hydrogen-bond donors (Lipinski definition) is 0. The lowest BCUT2D eigenvalue weighted by atomic mass is 10.0. The van der Waals surface area contributed by atoms with E-state index in [1.165, 1.54) is 26.7 Å². The molecule has 3 heterocycles. The summed E-state index contributed by atoms with van der Waals surface area (Å²) in [7, 11) is 0. The number of hydrogen-bond acceptors (Lipinski definition) is 5. The number of amides is 1. The fourth-order valence-corrected chi connectivity index (χ4v) is 6.80. The first kappa shape index (κ1) is 25.0. The van der Waals surface area contributed by atoms with E-state index in [0.29, 0.717) is 12.1 Å². The van der Waals surface area contributed by atoms with Gasteiger partial charge in [0.05, 0.1) is 23.9 Å². The second-order valence-electron chi connectivity index (χ2n) is 9.96. The molecule has 3 aromatic rings.